The summed E-state index contributed by atoms with van der Waals surface area (Å²) in [5.41, 5.74) is 2.61. The van der Waals surface area contributed by atoms with Crippen LogP contribution in [0.3, 0.4) is 0 Å². The van der Waals surface area contributed by atoms with Crippen molar-refractivity contribution in [2.45, 2.75) is 57.3 Å². The molecule has 41 heavy (non-hydrogen) atoms. The first-order valence-corrected chi connectivity index (χ1v) is 14.3. The molecule has 0 spiro atoms. The normalized spacial score (nSPS) is 21.0. The molecule has 0 radical (unpaired) electrons. The number of nitrogens with zero attached hydrogens (tertiary/aromatic N) is 7. The number of ketones is 1. The first-order valence-electron chi connectivity index (χ1n) is 13.5. The SMILES string of the molecule is CC(=O)c1nn(CC(=O)N2C3C[C@@H]3C[C@H]2C(=O)Nc2cncc(Br)n2)c2ccc(-c3cnc(NC4CC4)nc3)cc12. The van der Waals surface area contributed by atoms with Crippen molar-refractivity contribution in [2.24, 2.45) is 5.92 Å². The largest absolute Gasteiger partial charge is 0.351 e. The van der Waals surface area contributed by atoms with Gasteiger partial charge in [-0.2, -0.15) is 5.10 Å². The zero-order valence-corrected chi connectivity index (χ0v) is 23.7. The smallest absolute Gasteiger partial charge is 0.248 e. The number of piperidine rings is 1. The van der Waals surface area contributed by atoms with Gasteiger partial charge < -0.3 is 15.5 Å². The minimum absolute atomic E-state index is 0.0323. The van der Waals surface area contributed by atoms with Crippen LogP contribution < -0.4 is 10.6 Å². The van der Waals surface area contributed by atoms with Gasteiger partial charge in [0.25, 0.3) is 0 Å². The van der Waals surface area contributed by atoms with E-state index in [0.717, 1.165) is 30.4 Å². The van der Waals surface area contributed by atoms with E-state index in [1.165, 1.54) is 19.3 Å². The first-order chi connectivity index (χ1) is 19.8. The molecular weight excluding hydrogens is 590 g/mol. The molecule has 4 aromatic rings. The number of benzene rings is 1. The molecule has 3 fully saturated rings. The summed E-state index contributed by atoms with van der Waals surface area (Å²) in [5, 5.41) is 11.2. The van der Waals surface area contributed by atoms with Crippen molar-refractivity contribution in [3.63, 3.8) is 0 Å². The number of likely N-dealkylation sites (tertiary alicyclic amines) is 1. The molecule has 1 aromatic carbocycles. The van der Waals surface area contributed by atoms with Gasteiger partial charge in [0.05, 0.1) is 17.9 Å². The lowest BCUT2D eigenvalue weighted by molar-refractivity contribution is -0.138. The summed E-state index contributed by atoms with van der Waals surface area (Å²) >= 11 is 3.25. The molecule has 13 heteroatoms. The number of hydrogen-bond donors (Lipinski definition) is 2. The minimum Gasteiger partial charge on any atom is -0.351 e. The van der Waals surface area contributed by atoms with Gasteiger partial charge in [0.2, 0.25) is 17.8 Å². The third-order valence-corrected chi connectivity index (χ3v) is 8.20. The highest BCUT2D eigenvalue weighted by atomic mass is 79.9. The molecule has 1 unspecified atom stereocenters. The molecule has 2 aliphatic carbocycles. The second-order valence-corrected chi connectivity index (χ2v) is 11.7. The van der Waals surface area contributed by atoms with E-state index in [9.17, 15) is 14.4 Å². The van der Waals surface area contributed by atoms with Gasteiger partial charge in [-0.05, 0) is 65.2 Å². The molecule has 3 atom stereocenters. The number of rotatable bonds is 8. The van der Waals surface area contributed by atoms with Crippen LogP contribution in [0.4, 0.5) is 11.8 Å². The van der Waals surface area contributed by atoms with E-state index < -0.39 is 6.04 Å². The molecule has 12 nitrogen and oxygen atoms in total. The monoisotopic (exact) mass is 615 g/mol. The molecule has 0 bridgehead atoms. The van der Waals surface area contributed by atoms with E-state index in [1.807, 2.05) is 18.2 Å². The van der Waals surface area contributed by atoms with Crippen molar-refractivity contribution < 1.29 is 14.4 Å². The van der Waals surface area contributed by atoms with E-state index in [2.05, 4.69) is 51.6 Å². The standard InChI is InChI=1S/C28H26BrN9O3/c1-14(39)26-19-6-15(17-9-31-28(32-10-17)33-18-3-4-18)2-5-20(19)37(36-26)13-25(40)38-21-7-16(21)8-22(38)27(41)35-24-12-30-11-23(29)34-24/h2,5-6,9-12,16,18,21-22H,3-4,7-8,13H2,1H3,(H,31,32,33)(H,34,35,41)/t16-,21?,22+/m1/s1. The summed E-state index contributed by atoms with van der Waals surface area (Å²) in [7, 11) is 0. The van der Waals surface area contributed by atoms with Crippen LogP contribution >= 0.6 is 15.9 Å². The van der Waals surface area contributed by atoms with Crippen molar-refractivity contribution in [3.05, 3.63) is 53.3 Å². The number of anilines is 2. The van der Waals surface area contributed by atoms with Gasteiger partial charge in [-0.3, -0.25) is 24.0 Å². The van der Waals surface area contributed by atoms with Crippen molar-refractivity contribution in [2.75, 3.05) is 10.6 Å². The Bertz CT molecular complexity index is 1700. The number of hydrogen-bond acceptors (Lipinski definition) is 9. The molecular formula is C28H26BrN9O3. The van der Waals surface area contributed by atoms with Crippen LogP contribution in [0.15, 0.2) is 47.6 Å². The maximum atomic E-state index is 13.6. The van der Waals surface area contributed by atoms with Gasteiger partial charge in [0.15, 0.2) is 11.6 Å². The number of amides is 2. The lowest BCUT2D eigenvalue weighted by Crippen LogP contribution is -2.46. The predicted molar refractivity (Wildman–Crippen MR) is 153 cm³/mol. The van der Waals surface area contributed by atoms with Crippen LogP contribution in [0, 0.1) is 5.92 Å². The second-order valence-electron chi connectivity index (χ2n) is 10.8. The number of carbonyl (C=O) groups excluding carboxylic acids is 3. The predicted octanol–water partition coefficient (Wildman–Crippen LogP) is 3.45. The molecule has 7 rings (SSSR count). The quantitative estimate of drug-likeness (QED) is 0.284. The molecule has 4 heterocycles. The number of halogens is 1. The van der Waals surface area contributed by atoms with E-state index in [1.54, 1.807) is 22.0 Å². The summed E-state index contributed by atoms with van der Waals surface area (Å²) in [6.07, 6.45) is 10.2. The van der Waals surface area contributed by atoms with Gasteiger partial charge in [0, 0.05) is 42.4 Å². The molecule has 1 saturated heterocycles. The zero-order valence-electron chi connectivity index (χ0n) is 22.1. The third kappa shape index (κ3) is 5.05. The average molecular weight is 616 g/mol. The lowest BCUT2D eigenvalue weighted by Gasteiger charge is -2.26. The minimum atomic E-state index is -0.606. The number of fused-ring (bicyclic) bond motifs is 2. The van der Waals surface area contributed by atoms with Crippen LogP contribution in [-0.4, -0.2) is 70.3 Å². The topological polar surface area (TPSA) is 148 Å². The Balaban J connectivity index is 1.13. The highest BCUT2D eigenvalue weighted by molar-refractivity contribution is 9.10. The van der Waals surface area contributed by atoms with Crippen molar-refractivity contribution in [3.8, 4) is 11.1 Å². The molecule has 2 amide bonds. The first kappa shape index (κ1) is 25.7. The fourth-order valence-corrected chi connectivity index (χ4v) is 5.88. The molecule has 208 valence electrons. The summed E-state index contributed by atoms with van der Waals surface area (Å²) < 4.78 is 2.06. The van der Waals surface area contributed by atoms with Gasteiger partial charge in [0.1, 0.15) is 22.9 Å². The summed E-state index contributed by atoms with van der Waals surface area (Å²) in [4.78, 5) is 58.1. The molecule has 1 aliphatic heterocycles. The third-order valence-electron chi connectivity index (χ3n) is 7.82. The van der Waals surface area contributed by atoms with Crippen molar-refractivity contribution >= 4 is 56.2 Å². The van der Waals surface area contributed by atoms with E-state index in [4.69, 9.17) is 0 Å². The Kier molecular flexibility index (Phi) is 6.25. The van der Waals surface area contributed by atoms with Gasteiger partial charge in [-0.1, -0.05) is 6.07 Å². The number of carbonyl (C=O) groups is 3. The van der Waals surface area contributed by atoms with Gasteiger partial charge >= 0.3 is 0 Å². The summed E-state index contributed by atoms with van der Waals surface area (Å²) in [5.74, 6) is 0.514. The molecule has 3 aliphatic rings. The Morgan fingerprint density at radius 3 is 2.59 bits per heavy atom. The van der Waals surface area contributed by atoms with E-state index >= 15 is 0 Å². The fourth-order valence-electron chi connectivity index (χ4n) is 5.57. The number of Topliss-reactive ketones (excluding diaryl/α,β-unsaturated/α-hetero) is 1. The Labute approximate surface area is 243 Å². The maximum absolute atomic E-state index is 13.6. The van der Waals surface area contributed by atoms with Gasteiger partial charge in [-0.15, -0.1) is 0 Å². The van der Waals surface area contributed by atoms with E-state index in [-0.39, 0.29) is 35.9 Å². The van der Waals surface area contributed by atoms with E-state index in [0.29, 0.717) is 45.7 Å². The van der Waals surface area contributed by atoms with Gasteiger partial charge in [-0.25, -0.2) is 15.0 Å². The Hall–Kier alpha value is -4.26. The molecule has 3 aromatic heterocycles. The fraction of sp³-hybridized carbons (Fsp3) is 0.357. The maximum Gasteiger partial charge on any atom is 0.248 e. The summed E-state index contributed by atoms with van der Waals surface area (Å²) in [6, 6.07) is 5.53. The molecule has 2 saturated carbocycles. The van der Waals surface area contributed by atoms with Crippen molar-refractivity contribution in [1.29, 1.82) is 0 Å². The summed E-state index contributed by atoms with van der Waals surface area (Å²) in [6.45, 7) is 1.37. The Morgan fingerprint density at radius 1 is 1.05 bits per heavy atom. The zero-order chi connectivity index (χ0) is 28.2. The van der Waals surface area contributed by atoms with Crippen LogP contribution in [0.5, 0.6) is 0 Å². The molecule has 2 N–H and O–H groups in total. The number of aromatic nitrogens is 6. The average Bonchev–Trinajstić information content (AvgIpc) is 3.86. The lowest BCUT2D eigenvalue weighted by atomic mass is 10.0. The van der Waals surface area contributed by atoms with Crippen molar-refractivity contribution in [1.82, 2.24) is 34.6 Å². The Morgan fingerprint density at radius 2 is 1.85 bits per heavy atom. The number of nitrogens with one attached hydrogen (secondary N) is 2. The van der Waals surface area contributed by atoms with Crippen LogP contribution in [-0.2, 0) is 16.1 Å². The van der Waals surface area contributed by atoms with Crippen LogP contribution in [0.25, 0.3) is 22.0 Å². The highest BCUT2D eigenvalue weighted by Gasteiger charge is 2.56. The highest BCUT2D eigenvalue weighted by Crippen LogP contribution is 2.48. The second kappa shape index (κ2) is 9.98. The van der Waals surface area contributed by atoms with Crippen LogP contribution in [0.2, 0.25) is 0 Å². The van der Waals surface area contributed by atoms with Crippen LogP contribution in [0.1, 0.15) is 43.1 Å².